The normalized spacial score (nSPS) is 11.5. The SMILES string of the molecule is CCCCn1c(N)c(N(C)Cc2nnc3n(C)c(=O)c4ccccc4n23)c(=O)[nH]c1=O. The number of nitrogen functional groups attached to an aromatic ring is 1. The zero-order valence-electron chi connectivity index (χ0n) is 17.6. The van der Waals surface area contributed by atoms with E-state index in [-0.39, 0.29) is 23.6 Å². The van der Waals surface area contributed by atoms with Crippen molar-refractivity contribution in [1.82, 2.24) is 28.7 Å². The molecule has 1 aromatic carbocycles. The summed E-state index contributed by atoms with van der Waals surface area (Å²) in [6.45, 7) is 2.61. The van der Waals surface area contributed by atoms with Crippen LogP contribution in [0.2, 0.25) is 0 Å². The highest BCUT2D eigenvalue weighted by Crippen LogP contribution is 2.19. The van der Waals surface area contributed by atoms with Crippen LogP contribution in [-0.2, 0) is 20.1 Å². The van der Waals surface area contributed by atoms with Gasteiger partial charge >= 0.3 is 5.69 Å². The second kappa shape index (κ2) is 7.74. The minimum absolute atomic E-state index is 0.107. The molecule has 3 N–H and O–H groups in total. The van der Waals surface area contributed by atoms with Gasteiger partial charge in [0.25, 0.3) is 11.1 Å². The Balaban J connectivity index is 1.84. The van der Waals surface area contributed by atoms with Crippen LogP contribution in [0.15, 0.2) is 38.6 Å². The van der Waals surface area contributed by atoms with E-state index in [1.54, 1.807) is 35.5 Å². The predicted molar refractivity (Wildman–Crippen MR) is 118 cm³/mol. The fourth-order valence-corrected chi connectivity index (χ4v) is 3.77. The van der Waals surface area contributed by atoms with Crippen molar-refractivity contribution >= 4 is 28.2 Å². The predicted octanol–water partition coefficient (Wildman–Crippen LogP) is 0.450. The van der Waals surface area contributed by atoms with Crippen LogP contribution in [0.3, 0.4) is 0 Å². The first-order chi connectivity index (χ1) is 14.8. The van der Waals surface area contributed by atoms with E-state index in [2.05, 4.69) is 15.2 Å². The maximum absolute atomic E-state index is 12.6. The first-order valence-electron chi connectivity index (χ1n) is 10.0. The van der Waals surface area contributed by atoms with Gasteiger partial charge in [0.1, 0.15) is 11.5 Å². The average Bonchev–Trinajstić information content (AvgIpc) is 3.15. The van der Waals surface area contributed by atoms with Crippen LogP contribution in [0.25, 0.3) is 16.7 Å². The van der Waals surface area contributed by atoms with Crippen LogP contribution in [0, 0.1) is 0 Å². The highest BCUT2D eigenvalue weighted by atomic mass is 16.2. The van der Waals surface area contributed by atoms with Crippen molar-refractivity contribution in [2.24, 2.45) is 7.05 Å². The number of nitrogens with zero attached hydrogens (tertiary/aromatic N) is 6. The monoisotopic (exact) mass is 424 g/mol. The lowest BCUT2D eigenvalue weighted by atomic mass is 10.2. The summed E-state index contributed by atoms with van der Waals surface area (Å²) < 4.78 is 4.59. The molecule has 0 aliphatic rings. The van der Waals surface area contributed by atoms with Crippen LogP contribution in [-0.4, -0.2) is 35.8 Å². The second-order valence-corrected chi connectivity index (χ2v) is 7.49. The number of hydrogen-bond donors (Lipinski definition) is 2. The van der Waals surface area contributed by atoms with Crippen LogP contribution in [0.5, 0.6) is 0 Å². The summed E-state index contributed by atoms with van der Waals surface area (Å²) in [5.41, 5.74) is 5.81. The van der Waals surface area contributed by atoms with Gasteiger partial charge in [-0.1, -0.05) is 25.5 Å². The number of aromatic nitrogens is 6. The van der Waals surface area contributed by atoms with E-state index in [0.717, 1.165) is 12.8 Å². The highest BCUT2D eigenvalue weighted by molar-refractivity contribution is 5.80. The van der Waals surface area contributed by atoms with Gasteiger partial charge in [0.2, 0.25) is 5.78 Å². The summed E-state index contributed by atoms with van der Waals surface area (Å²) in [5.74, 6) is 1.02. The smallest absolute Gasteiger partial charge is 0.330 e. The van der Waals surface area contributed by atoms with Gasteiger partial charge in [-0.05, 0) is 18.6 Å². The van der Waals surface area contributed by atoms with Gasteiger partial charge in [-0.2, -0.15) is 0 Å². The fraction of sp³-hybridized carbons (Fsp3) is 0.350. The molecule has 0 fully saturated rings. The molecule has 0 amide bonds. The lowest BCUT2D eigenvalue weighted by molar-refractivity contribution is 0.603. The van der Waals surface area contributed by atoms with E-state index >= 15 is 0 Å². The molecule has 0 spiro atoms. The third kappa shape index (κ3) is 3.27. The Bertz CT molecular complexity index is 1460. The van der Waals surface area contributed by atoms with E-state index in [4.69, 9.17) is 5.73 Å². The van der Waals surface area contributed by atoms with Gasteiger partial charge in [-0.3, -0.25) is 28.1 Å². The zero-order valence-corrected chi connectivity index (χ0v) is 17.6. The van der Waals surface area contributed by atoms with Crippen molar-refractivity contribution in [2.75, 3.05) is 17.7 Å². The number of benzene rings is 1. The molecule has 0 atom stereocenters. The number of hydrogen-bond acceptors (Lipinski definition) is 7. The summed E-state index contributed by atoms with van der Waals surface area (Å²) in [6.07, 6.45) is 1.64. The summed E-state index contributed by atoms with van der Waals surface area (Å²) in [6, 6.07) is 7.20. The molecule has 0 saturated carbocycles. The number of nitrogens with two attached hydrogens (primary N) is 1. The van der Waals surface area contributed by atoms with Gasteiger partial charge in [0.15, 0.2) is 5.82 Å². The van der Waals surface area contributed by atoms with Gasteiger partial charge in [0.05, 0.1) is 17.4 Å². The summed E-state index contributed by atoms with van der Waals surface area (Å²) >= 11 is 0. The third-order valence-corrected chi connectivity index (χ3v) is 5.40. The molecule has 0 unspecified atom stereocenters. The molecular formula is C20H24N8O3. The summed E-state index contributed by atoms with van der Waals surface area (Å²) in [5, 5.41) is 8.96. The van der Waals surface area contributed by atoms with Crippen LogP contribution in [0.4, 0.5) is 11.5 Å². The molecular weight excluding hydrogens is 400 g/mol. The molecule has 0 aliphatic carbocycles. The number of unbranched alkanes of at least 4 members (excludes halogenated alkanes) is 1. The maximum Gasteiger partial charge on any atom is 0.330 e. The van der Waals surface area contributed by atoms with E-state index in [9.17, 15) is 14.4 Å². The van der Waals surface area contributed by atoms with Gasteiger partial charge in [-0.25, -0.2) is 4.79 Å². The number of aromatic amines is 1. The van der Waals surface area contributed by atoms with E-state index < -0.39 is 11.2 Å². The van der Waals surface area contributed by atoms with Crippen molar-refractivity contribution in [3.63, 3.8) is 0 Å². The Morgan fingerprint density at radius 3 is 2.65 bits per heavy atom. The first-order valence-corrected chi connectivity index (χ1v) is 10.0. The van der Waals surface area contributed by atoms with Crippen molar-refractivity contribution < 1.29 is 0 Å². The number of para-hydroxylation sites is 1. The lowest BCUT2D eigenvalue weighted by Gasteiger charge is -2.21. The highest BCUT2D eigenvalue weighted by Gasteiger charge is 2.20. The number of nitrogens with one attached hydrogen (secondary N) is 1. The number of fused-ring (bicyclic) bond motifs is 3. The van der Waals surface area contributed by atoms with Crippen LogP contribution >= 0.6 is 0 Å². The second-order valence-electron chi connectivity index (χ2n) is 7.49. The molecule has 4 aromatic rings. The van der Waals surface area contributed by atoms with Crippen LogP contribution in [0.1, 0.15) is 25.6 Å². The lowest BCUT2D eigenvalue weighted by Crippen LogP contribution is -2.37. The number of anilines is 2. The van der Waals surface area contributed by atoms with Gasteiger partial charge < -0.3 is 10.6 Å². The van der Waals surface area contributed by atoms with Crippen molar-refractivity contribution in [2.45, 2.75) is 32.9 Å². The fourth-order valence-electron chi connectivity index (χ4n) is 3.77. The van der Waals surface area contributed by atoms with E-state index in [1.165, 1.54) is 9.13 Å². The number of H-pyrrole nitrogens is 1. The minimum atomic E-state index is -0.566. The topological polar surface area (TPSA) is 136 Å². The molecule has 0 aliphatic heterocycles. The summed E-state index contributed by atoms with van der Waals surface area (Å²) in [4.78, 5) is 41.3. The van der Waals surface area contributed by atoms with E-state index in [1.807, 2.05) is 19.1 Å². The largest absolute Gasteiger partial charge is 0.383 e. The van der Waals surface area contributed by atoms with Crippen molar-refractivity contribution in [1.29, 1.82) is 0 Å². The molecule has 0 saturated heterocycles. The number of aryl methyl sites for hydroxylation is 1. The molecule has 3 heterocycles. The zero-order chi connectivity index (χ0) is 22.3. The Labute approximate surface area is 176 Å². The molecule has 11 heteroatoms. The number of rotatable bonds is 6. The van der Waals surface area contributed by atoms with Crippen molar-refractivity contribution in [3.8, 4) is 0 Å². The standard InChI is InChI=1S/C20H24N8O3/c1-4-5-10-27-16(21)15(17(29)22-20(27)31)25(2)11-14-23-24-19-26(3)18(30)12-8-6-7-9-13(12)28(14)19/h6-9H,4-5,10-11,21H2,1-3H3,(H,22,29,31). The molecule has 4 rings (SSSR count). The molecule has 3 aromatic heterocycles. The first kappa shape index (κ1) is 20.4. The van der Waals surface area contributed by atoms with Gasteiger partial charge in [0, 0.05) is 20.6 Å². The Kier molecular flexibility index (Phi) is 5.09. The Hall–Kier alpha value is -3.89. The maximum atomic E-state index is 12.6. The molecule has 0 bridgehead atoms. The molecule has 31 heavy (non-hydrogen) atoms. The molecule has 11 nitrogen and oxygen atoms in total. The quantitative estimate of drug-likeness (QED) is 0.458. The van der Waals surface area contributed by atoms with Gasteiger partial charge in [-0.15, -0.1) is 10.2 Å². The molecule has 0 radical (unpaired) electrons. The van der Waals surface area contributed by atoms with Crippen LogP contribution < -0.4 is 27.4 Å². The molecule has 162 valence electrons. The minimum Gasteiger partial charge on any atom is -0.383 e. The van der Waals surface area contributed by atoms with Crippen molar-refractivity contribution in [3.05, 3.63) is 61.3 Å². The van der Waals surface area contributed by atoms with E-state index in [0.29, 0.717) is 29.0 Å². The average molecular weight is 424 g/mol. The Morgan fingerprint density at radius 2 is 1.90 bits per heavy atom. The Morgan fingerprint density at radius 1 is 1.16 bits per heavy atom. The summed E-state index contributed by atoms with van der Waals surface area (Å²) in [7, 11) is 3.33. The third-order valence-electron chi connectivity index (χ3n) is 5.40.